The van der Waals surface area contributed by atoms with Gasteiger partial charge in [-0.2, -0.15) is 0 Å². The molecule has 0 atom stereocenters. The molecule has 3 aromatic rings. The Hall–Kier alpha value is -2.58. The molecule has 8 heteroatoms. The zero-order valence-electron chi connectivity index (χ0n) is 17.6. The van der Waals surface area contributed by atoms with E-state index in [2.05, 4.69) is 59.2 Å². The maximum Gasteiger partial charge on any atom is 0.253 e. The third-order valence-electron chi connectivity index (χ3n) is 6.21. The van der Waals surface area contributed by atoms with Crippen LogP contribution in [-0.4, -0.2) is 54.7 Å². The number of anilines is 2. The molecule has 0 bridgehead atoms. The summed E-state index contributed by atoms with van der Waals surface area (Å²) in [5, 5.41) is 4.53. The third-order valence-corrected chi connectivity index (χ3v) is 6.81. The number of aromatic nitrogens is 2. The molecule has 1 fully saturated rings. The Morgan fingerprint density at radius 2 is 2.03 bits per heavy atom. The van der Waals surface area contributed by atoms with Gasteiger partial charge >= 0.3 is 0 Å². The number of nitrogens with one attached hydrogen (secondary N) is 2. The molecular formula is C23H26BrN5O2. The summed E-state index contributed by atoms with van der Waals surface area (Å²) in [5.41, 5.74) is 4.08. The van der Waals surface area contributed by atoms with Gasteiger partial charge in [0.05, 0.1) is 22.8 Å². The van der Waals surface area contributed by atoms with Gasteiger partial charge in [-0.05, 0) is 40.4 Å². The van der Waals surface area contributed by atoms with E-state index in [0.717, 1.165) is 90.3 Å². The number of nitrogens with zero attached hydrogens (tertiary/aromatic N) is 3. The standard InChI is InChI=1S/C23H26BrN5O2/c1-31-20-12-21(26-13-18(20)24)29-9-7-28(8-10-29)14-15-4-5-16-19(11-15)27-23(30)17-3-2-6-25-22(16)17/h4-5,11-13,25H,2-3,6-10,14H2,1H3,(H,27,30). The van der Waals surface area contributed by atoms with Gasteiger partial charge in [-0.3, -0.25) is 9.69 Å². The maximum absolute atomic E-state index is 12.5. The van der Waals surface area contributed by atoms with E-state index in [1.807, 2.05) is 6.07 Å². The number of ether oxygens (including phenoxy) is 1. The van der Waals surface area contributed by atoms with Crippen molar-refractivity contribution in [2.75, 3.05) is 50.1 Å². The number of methoxy groups -OCH3 is 1. The normalized spacial score (nSPS) is 16.8. The SMILES string of the molecule is COc1cc(N2CCN(Cc3ccc4c5c(c(=O)[nH]c4c3)CCCN5)CC2)ncc1Br. The molecule has 2 N–H and O–H groups in total. The zero-order valence-corrected chi connectivity index (χ0v) is 19.2. The van der Waals surface area contributed by atoms with E-state index < -0.39 is 0 Å². The first-order valence-corrected chi connectivity index (χ1v) is 11.5. The highest BCUT2D eigenvalue weighted by atomic mass is 79.9. The van der Waals surface area contributed by atoms with Crippen LogP contribution in [0.1, 0.15) is 17.5 Å². The largest absolute Gasteiger partial charge is 0.495 e. The Labute approximate surface area is 189 Å². The fourth-order valence-electron chi connectivity index (χ4n) is 4.54. The van der Waals surface area contributed by atoms with E-state index >= 15 is 0 Å². The molecule has 0 saturated carbocycles. The van der Waals surface area contributed by atoms with Crippen LogP contribution in [0, 0.1) is 0 Å². The van der Waals surface area contributed by atoms with E-state index in [1.54, 1.807) is 13.3 Å². The lowest BCUT2D eigenvalue weighted by molar-refractivity contribution is 0.249. The van der Waals surface area contributed by atoms with Crippen LogP contribution in [0.3, 0.4) is 0 Å². The quantitative estimate of drug-likeness (QED) is 0.592. The van der Waals surface area contributed by atoms with Crippen LogP contribution < -0.4 is 20.5 Å². The highest BCUT2D eigenvalue weighted by Gasteiger charge is 2.20. The van der Waals surface area contributed by atoms with Crippen LogP contribution in [0.25, 0.3) is 10.9 Å². The van der Waals surface area contributed by atoms with E-state index in [4.69, 9.17) is 4.74 Å². The predicted molar refractivity (Wildman–Crippen MR) is 127 cm³/mol. The predicted octanol–water partition coefficient (Wildman–Crippen LogP) is 3.37. The highest BCUT2D eigenvalue weighted by molar-refractivity contribution is 9.10. The van der Waals surface area contributed by atoms with Crippen LogP contribution in [0.2, 0.25) is 0 Å². The van der Waals surface area contributed by atoms with Crippen molar-refractivity contribution >= 4 is 38.3 Å². The van der Waals surface area contributed by atoms with Crippen molar-refractivity contribution in [3.8, 4) is 5.75 Å². The van der Waals surface area contributed by atoms with E-state index in [1.165, 1.54) is 5.56 Å². The van der Waals surface area contributed by atoms with Crippen molar-refractivity contribution in [1.29, 1.82) is 0 Å². The molecule has 4 heterocycles. The summed E-state index contributed by atoms with van der Waals surface area (Å²) in [4.78, 5) is 24.9. The first-order valence-electron chi connectivity index (χ1n) is 10.7. The summed E-state index contributed by atoms with van der Waals surface area (Å²) >= 11 is 3.46. The van der Waals surface area contributed by atoms with Crippen LogP contribution in [0.15, 0.2) is 39.7 Å². The molecule has 0 amide bonds. The number of pyridine rings is 2. The molecule has 31 heavy (non-hydrogen) atoms. The molecule has 5 rings (SSSR count). The average molecular weight is 484 g/mol. The minimum Gasteiger partial charge on any atom is -0.495 e. The lowest BCUT2D eigenvalue weighted by atomic mass is 10.0. The number of hydrogen-bond acceptors (Lipinski definition) is 6. The summed E-state index contributed by atoms with van der Waals surface area (Å²) in [6.45, 7) is 5.55. The molecule has 7 nitrogen and oxygen atoms in total. The first kappa shape index (κ1) is 20.3. The fraction of sp³-hybridized carbons (Fsp3) is 0.391. The summed E-state index contributed by atoms with van der Waals surface area (Å²) < 4.78 is 6.27. The lowest BCUT2D eigenvalue weighted by Gasteiger charge is -2.35. The Kier molecular flexibility index (Phi) is 5.58. The topological polar surface area (TPSA) is 73.5 Å². The van der Waals surface area contributed by atoms with Crippen molar-refractivity contribution in [3.63, 3.8) is 0 Å². The number of rotatable bonds is 4. The van der Waals surface area contributed by atoms with Crippen molar-refractivity contribution < 1.29 is 4.74 Å². The first-order chi connectivity index (χ1) is 15.1. The van der Waals surface area contributed by atoms with Crippen molar-refractivity contribution in [3.05, 3.63) is 56.4 Å². The van der Waals surface area contributed by atoms with Crippen LogP contribution in [-0.2, 0) is 13.0 Å². The summed E-state index contributed by atoms with van der Waals surface area (Å²) in [6.07, 6.45) is 3.65. The molecule has 1 saturated heterocycles. The molecule has 2 aromatic heterocycles. The van der Waals surface area contributed by atoms with Gasteiger partial charge in [0.2, 0.25) is 0 Å². The van der Waals surface area contributed by atoms with Crippen molar-refractivity contribution in [2.24, 2.45) is 0 Å². The second-order valence-corrected chi connectivity index (χ2v) is 9.01. The van der Waals surface area contributed by atoms with Gasteiger partial charge in [0.15, 0.2) is 0 Å². The molecule has 1 aromatic carbocycles. The maximum atomic E-state index is 12.5. The number of piperazine rings is 1. The van der Waals surface area contributed by atoms with Crippen molar-refractivity contribution in [1.82, 2.24) is 14.9 Å². The van der Waals surface area contributed by atoms with E-state index in [-0.39, 0.29) is 5.56 Å². The molecule has 0 radical (unpaired) electrons. The summed E-state index contributed by atoms with van der Waals surface area (Å²) in [6, 6.07) is 8.44. The molecule has 2 aliphatic heterocycles. The number of hydrogen-bond donors (Lipinski definition) is 2. The second kappa shape index (κ2) is 8.51. The van der Waals surface area contributed by atoms with Crippen LogP contribution in [0.5, 0.6) is 5.75 Å². The minimum atomic E-state index is 0.0397. The van der Waals surface area contributed by atoms with Gasteiger partial charge in [0, 0.05) is 62.5 Å². The molecule has 162 valence electrons. The Morgan fingerprint density at radius 1 is 1.19 bits per heavy atom. The molecule has 2 aliphatic rings. The summed E-state index contributed by atoms with van der Waals surface area (Å²) in [7, 11) is 1.67. The number of benzene rings is 1. The smallest absolute Gasteiger partial charge is 0.253 e. The minimum absolute atomic E-state index is 0.0397. The van der Waals surface area contributed by atoms with E-state index in [9.17, 15) is 4.79 Å². The Morgan fingerprint density at radius 3 is 2.84 bits per heavy atom. The highest BCUT2D eigenvalue weighted by Crippen LogP contribution is 2.29. The fourth-order valence-corrected chi connectivity index (χ4v) is 4.92. The number of H-pyrrole nitrogens is 1. The van der Waals surface area contributed by atoms with Gasteiger partial charge in [-0.1, -0.05) is 12.1 Å². The van der Waals surface area contributed by atoms with Crippen LogP contribution >= 0.6 is 15.9 Å². The molecule has 0 spiro atoms. The zero-order chi connectivity index (χ0) is 21.4. The average Bonchev–Trinajstić information content (AvgIpc) is 2.80. The van der Waals surface area contributed by atoms with Gasteiger partial charge in [0.1, 0.15) is 11.6 Å². The van der Waals surface area contributed by atoms with Gasteiger partial charge in [-0.15, -0.1) is 0 Å². The second-order valence-electron chi connectivity index (χ2n) is 8.16. The number of aromatic amines is 1. The molecular weight excluding hydrogens is 458 g/mol. The number of fused-ring (bicyclic) bond motifs is 3. The monoisotopic (exact) mass is 483 g/mol. The summed E-state index contributed by atoms with van der Waals surface area (Å²) in [5.74, 6) is 1.74. The van der Waals surface area contributed by atoms with E-state index in [0.29, 0.717) is 0 Å². The van der Waals surface area contributed by atoms with Gasteiger partial charge < -0.3 is 19.9 Å². The molecule has 0 unspecified atom stereocenters. The lowest BCUT2D eigenvalue weighted by Crippen LogP contribution is -2.46. The van der Waals surface area contributed by atoms with Gasteiger partial charge in [-0.25, -0.2) is 4.98 Å². The van der Waals surface area contributed by atoms with Crippen molar-refractivity contribution in [2.45, 2.75) is 19.4 Å². The third kappa shape index (κ3) is 4.02. The van der Waals surface area contributed by atoms with Gasteiger partial charge in [0.25, 0.3) is 5.56 Å². The number of halogens is 1. The molecule has 0 aliphatic carbocycles. The Balaban J connectivity index is 1.28. The van der Waals surface area contributed by atoms with Crippen LogP contribution in [0.4, 0.5) is 11.5 Å². The Bertz CT molecular complexity index is 1170.